The molecular formula is C24H25N3O2. The van der Waals surface area contributed by atoms with Gasteiger partial charge in [-0.3, -0.25) is 14.5 Å². The highest BCUT2D eigenvalue weighted by Crippen LogP contribution is 2.19. The third kappa shape index (κ3) is 4.81. The zero-order chi connectivity index (χ0) is 20.1. The van der Waals surface area contributed by atoms with Crippen molar-refractivity contribution >= 4 is 28.3 Å². The quantitative estimate of drug-likeness (QED) is 0.732. The molecule has 1 heterocycles. The summed E-state index contributed by atoms with van der Waals surface area (Å²) in [7, 11) is 0. The lowest BCUT2D eigenvalue weighted by Crippen LogP contribution is -2.50. The smallest absolute Gasteiger partial charge is 0.238 e. The summed E-state index contributed by atoms with van der Waals surface area (Å²) in [6.45, 7) is 3.08. The number of para-hydroxylation sites is 1. The molecule has 0 aromatic heterocycles. The van der Waals surface area contributed by atoms with Crippen molar-refractivity contribution in [1.29, 1.82) is 0 Å². The molecule has 1 saturated heterocycles. The summed E-state index contributed by atoms with van der Waals surface area (Å²) in [5, 5.41) is 5.21. The van der Waals surface area contributed by atoms with E-state index < -0.39 is 0 Å². The molecule has 29 heavy (non-hydrogen) atoms. The monoisotopic (exact) mass is 387 g/mol. The highest BCUT2D eigenvalue weighted by molar-refractivity contribution is 5.92. The van der Waals surface area contributed by atoms with E-state index in [4.69, 9.17) is 0 Å². The normalized spacial score (nSPS) is 14.7. The molecule has 1 aliphatic heterocycles. The van der Waals surface area contributed by atoms with Crippen LogP contribution in [0.2, 0.25) is 0 Å². The Hall–Kier alpha value is -3.18. The third-order valence-electron chi connectivity index (χ3n) is 5.37. The van der Waals surface area contributed by atoms with Gasteiger partial charge in [-0.15, -0.1) is 0 Å². The summed E-state index contributed by atoms with van der Waals surface area (Å²) in [4.78, 5) is 29.0. The first kappa shape index (κ1) is 19.2. The van der Waals surface area contributed by atoms with E-state index in [9.17, 15) is 9.59 Å². The fourth-order valence-electron chi connectivity index (χ4n) is 3.80. The molecule has 1 fully saturated rings. The van der Waals surface area contributed by atoms with Crippen molar-refractivity contribution in [2.75, 3.05) is 38.0 Å². The number of nitrogens with one attached hydrogen (secondary N) is 1. The number of carbonyl (C=O) groups excluding carboxylic acids is 2. The molecule has 2 amide bonds. The van der Waals surface area contributed by atoms with Gasteiger partial charge in [0.15, 0.2) is 0 Å². The molecule has 5 heteroatoms. The number of hydrogen-bond donors (Lipinski definition) is 1. The van der Waals surface area contributed by atoms with Gasteiger partial charge in [0, 0.05) is 31.9 Å². The van der Waals surface area contributed by atoms with Crippen LogP contribution in [0.3, 0.4) is 0 Å². The first-order valence-electron chi connectivity index (χ1n) is 10.0. The molecule has 1 N–H and O–H groups in total. The van der Waals surface area contributed by atoms with Gasteiger partial charge in [0.05, 0.1) is 13.0 Å². The minimum atomic E-state index is -0.0215. The van der Waals surface area contributed by atoms with Crippen LogP contribution in [0.1, 0.15) is 5.56 Å². The van der Waals surface area contributed by atoms with Gasteiger partial charge >= 0.3 is 0 Å². The van der Waals surface area contributed by atoms with Crippen LogP contribution in [-0.2, 0) is 16.0 Å². The Bertz CT molecular complexity index is 990. The second-order valence-electron chi connectivity index (χ2n) is 7.39. The highest BCUT2D eigenvalue weighted by atomic mass is 16.2. The zero-order valence-corrected chi connectivity index (χ0v) is 16.4. The van der Waals surface area contributed by atoms with Crippen molar-refractivity contribution in [2.45, 2.75) is 6.42 Å². The summed E-state index contributed by atoms with van der Waals surface area (Å²) in [6, 6.07) is 23.8. The molecule has 0 unspecified atom stereocenters. The van der Waals surface area contributed by atoms with E-state index in [0.717, 1.165) is 22.0 Å². The number of rotatable bonds is 5. The number of nitrogens with zero attached hydrogens (tertiary/aromatic N) is 2. The van der Waals surface area contributed by atoms with Crippen LogP contribution in [0, 0.1) is 0 Å². The third-order valence-corrected chi connectivity index (χ3v) is 5.37. The number of fused-ring (bicyclic) bond motifs is 1. The van der Waals surface area contributed by atoms with Gasteiger partial charge in [-0.25, -0.2) is 0 Å². The SMILES string of the molecule is O=C(CN1CCN(C(=O)Cc2cccc3ccccc23)CC1)Nc1ccccc1. The minimum Gasteiger partial charge on any atom is -0.340 e. The molecule has 0 saturated carbocycles. The molecule has 3 aromatic carbocycles. The summed E-state index contributed by atoms with van der Waals surface area (Å²) in [6.07, 6.45) is 0.413. The molecule has 0 bridgehead atoms. The van der Waals surface area contributed by atoms with Crippen molar-refractivity contribution in [1.82, 2.24) is 9.80 Å². The molecule has 4 rings (SSSR count). The number of benzene rings is 3. The Kier molecular flexibility index (Phi) is 5.86. The lowest BCUT2D eigenvalue weighted by molar-refractivity contribution is -0.132. The molecule has 0 atom stereocenters. The Labute approximate surface area is 170 Å². The van der Waals surface area contributed by atoms with Crippen LogP contribution in [0.5, 0.6) is 0 Å². The standard InChI is InChI=1S/C24H25N3O2/c28-23(25-21-10-2-1-3-11-21)18-26-13-15-27(16-14-26)24(29)17-20-9-6-8-19-7-4-5-12-22(19)20/h1-12H,13-18H2,(H,25,28). The predicted molar refractivity (Wildman–Crippen MR) is 116 cm³/mol. The summed E-state index contributed by atoms with van der Waals surface area (Å²) < 4.78 is 0. The Morgan fingerprint density at radius 1 is 0.793 bits per heavy atom. The number of carbonyl (C=O) groups is 2. The van der Waals surface area contributed by atoms with Gasteiger partial charge in [0.25, 0.3) is 0 Å². The Morgan fingerprint density at radius 2 is 1.48 bits per heavy atom. The maximum Gasteiger partial charge on any atom is 0.238 e. The highest BCUT2D eigenvalue weighted by Gasteiger charge is 2.22. The van der Waals surface area contributed by atoms with E-state index in [1.165, 1.54) is 0 Å². The average molecular weight is 387 g/mol. The van der Waals surface area contributed by atoms with Crippen LogP contribution in [0.15, 0.2) is 72.8 Å². The van der Waals surface area contributed by atoms with E-state index in [1.54, 1.807) is 0 Å². The van der Waals surface area contributed by atoms with Crippen molar-refractivity contribution in [2.24, 2.45) is 0 Å². The van der Waals surface area contributed by atoms with Gasteiger partial charge in [-0.1, -0.05) is 60.7 Å². The maximum absolute atomic E-state index is 12.8. The van der Waals surface area contributed by atoms with Gasteiger partial charge < -0.3 is 10.2 Å². The molecule has 5 nitrogen and oxygen atoms in total. The molecule has 1 aliphatic rings. The summed E-state index contributed by atoms with van der Waals surface area (Å²) in [5.74, 6) is 0.126. The van der Waals surface area contributed by atoms with Gasteiger partial charge in [-0.05, 0) is 28.5 Å². The zero-order valence-electron chi connectivity index (χ0n) is 16.4. The topological polar surface area (TPSA) is 52.7 Å². The summed E-state index contributed by atoms with van der Waals surface area (Å²) in [5.41, 5.74) is 1.87. The van der Waals surface area contributed by atoms with E-state index in [-0.39, 0.29) is 11.8 Å². The summed E-state index contributed by atoms with van der Waals surface area (Å²) >= 11 is 0. The van der Waals surface area contributed by atoms with Crippen LogP contribution in [-0.4, -0.2) is 54.3 Å². The van der Waals surface area contributed by atoms with Crippen molar-refractivity contribution < 1.29 is 9.59 Å². The number of hydrogen-bond acceptors (Lipinski definition) is 3. The fraction of sp³-hybridized carbons (Fsp3) is 0.250. The van der Waals surface area contributed by atoms with Crippen LogP contribution < -0.4 is 5.32 Å². The van der Waals surface area contributed by atoms with E-state index in [2.05, 4.69) is 28.4 Å². The lowest BCUT2D eigenvalue weighted by atomic mass is 10.0. The van der Waals surface area contributed by atoms with Gasteiger partial charge in [-0.2, -0.15) is 0 Å². The number of amides is 2. The Morgan fingerprint density at radius 3 is 2.28 bits per heavy atom. The first-order valence-corrected chi connectivity index (χ1v) is 10.0. The molecule has 148 valence electrons. The second kappa shape index (κ2) is 8.88. The molecule has 0 spiro atoms. The van der Waals surface area contributed by atoms with Crippen molar-refractivity contribution in [3.05, 3.63) is 78.4 Å². The lowest BCUT2D eigenvalue weighted by Gasteiger charge is -2.34. The minimum absolute atomic E-state index is 0.0215. The van der Waals surface area contributed by atoms with Crippen molar-refractivity contribution in [3.63, 3.8) is 0 Å². The number of piperazine rings is 1. The first-order chi connectivity index (χ1) is 14.2. The molecule has 0 aliphatic carbocycles. The fourth-order valence-corrected chi connectivity index (χ4v) is 3.80. The van der Waals surface area contributed by atoms with Crippen LogP contribution in [0.4, 0.5) is 5.69 Å². The van der Waals surface area contributed by atoms with E-state index in [1.807, 2.05) is 59.5 Å². The van der Waals surface area contributed by atoms with Gasteiger partial charge in [0.1, 0.15) is 0 Å². The molecule has 3 aromatic rings. The maximum atomic E-state index is 12.8. The Balaban J connectivity index is 1.29. The molecule has 0 radical (unpaired) electrons. The van der Waals surface area contributed by atoms with Crippen molar-refractivity contribution in [3.8, 4) is 0 Å². The van der Waals surface area contributed by atoms with Crippen LogP contribution in [0.25, 0.3) is 10.8 Å². The average Bonchev–Trinajstić information content (AvgIpc) is 2.75. The van der Waals surface area contributed by atoms with E-state index >= 15 is 0 Å². The van der Waals surface area contributed by atoms with Crippen LogP contribution >= 0.6 is 0 Å². The second-order valence-corrected chi connectivity index (χ2v) is 7.39. The number of anilines is 1. The largest absolute Gasteiger partial charge is 0.340 e. The van der Waals surface area contributed by atoms with Gasteiger partial charge in [0.2, 0.25) is 11.8 Å². The predicted octanol–water partition coefficient (Wildman–Crippen LogP) is 3.17. The molecular weight excluding hydrogens is 362 g/mol. The van der Waals surface area contributed by atoms with E-state index in [0.29, 0.717) is 39.1 Å².